The van der Waals surface area contributed by atoms with Gasteiger partial charge in [-0.25, -0.2) is 9.97 Å². The van der Waals surface area contributed by atoms with E-state index in [0.717, 1.165) is 18.5 Å². The fourth-order valence-electron chi connectivity index (χ4n) is 2.36. The second-order valence-electron chi connectivity index (χ2n) is 4.72. The molecule has 2 aromatic rings. The van der Waals surface area contributed by atoms with Crippen molar-refractivity contribution in [1.29, 1.82) is 0 Å². The van der Waals surface area contributed by atoms with E-state index in [1.807, 2.05) is 0 Å². The van der Waals surface area contributed by atoms with Crippen LogP contribution in [0, 0.1) is 0 Å². The van der Waals surface area contributed by atoms with Gasteiger partial charge in [-0.05, 0) is 31.0 Å². The molecule has 0 spiro atoms. The number of carbonyl (C=O) groups is 1. The third kappa shape index (κ3) is 2.11. The van der Waals surface area contributed by atoms with Crippen LogP contribution in [0.5, 0.6) is 11.5 Å². The quantitative estimate of drug-likeness (QED) is 0.907. The largest absolute Gasteiger partial charge is 0.504 e. The van der Waals surface area contributed by atoms with Crippen LogP contribution in [0.15, 0.2) is 24.4 Å². The van der Waals surface area contributed by atoms with Gasteiger partial charge in [0.05, 0.1) is 18.4 Å². The lowest BCUT2D eigenvalue weighted by molar-refractivity contribution is 0.0971. The Morgan fingerprint density at radius 1 is 1.30 bits per heavy atom. The van der Waals surface area contributed by atoms with E-state index in [-0.39, 0.29) is 11.5 Å². The minimum Gasteiger partial charge on any atom is -0.504 e. The number of ether oxygens (including phenoxy) is 1. The highest BCUT2D eigenvalue weighted by Crippen LogP contribution is 2.30. The highest BCUT2D eigenvalue weighted by Gasteiger charge is 2.19. The van der Waals surface area contributed by atoms with E-state index in [0.29, 0.717) is 29.1 Å². The minimum absolute atomic E-state index is 0.0439. The minimum atomic E-state index is 0.0439. The number of aryl methyl sites for hydroxylation is 1. The van der Waals surface area contributed by atoms with Gasteiger partial charge in [0.2, 0.25) is 0 Å². The summed E-state index contributed by atoms with van der Waals surface area (Å²) in [6.07, 6.45) is 3.77. The molecule has 0 amide bonds. The summed E-state index contributed by atoms with van der Waals surface area (Å²) in [5.74, 6) is 1.07. The van der Waals surface area contributed by atoms with Gasteiger partial charge in [-0.1, -0.05) is 0 Å². The second kappa shape index (κ2) is 4.92. The van der Waals surface area contributed by atoms with Gasteiger partial charge in [-0.2, -0.15) is 0 Å². The molecule has 1 aromatic heterocycles. The van der Waals surface area contributed by atoms with Crippen molar-refractivity contribution < 1.29 is 14.6 Å². The van der Waals surface area contributed by atoms with Gasteiger partial charge in [0.1, 0.15) is 0 Å². The maximum Gasteiger partial charge on any atom is 0.166 e. The fraction of sp³-hybridized carbons (Fsp3) is 0.267. The molecule has 5 nitrogen and oxygen atoms in total. The van der Waals surface area contributed by atoms with Gasteiger partial charge in [-0.3, -0.25) is 4.79 Å². The number of Topliss-reactive ketones (excluding diaryl/α,β-unsaturated/α-hetero) is 1. The Labute approximate surface area is 116 Å². The van der Waals surface area contributed by atoms with Gasteiger partial charge in [0.25, 0.3) is 0 Å². The summed E-state index contributed by atoms with van der Waals surface area (Å²) in [6.45, 7) is 0. The molecule has 0 saturated carbocycles. The van der Waals surface area contributed by atoms with E-state index >= 15 is 0 Å². The SMILES string of the molecule is COc1ccc(-c2ncc3c(n2)CCCC3=O)cc1O. The van der Waals surface area contributed by atoms with Crippen LogP contribution in [0.25, 0.3) is 11.4 Å². The maximum atomic E-state index is 11.7. The Kier molecular flexibility index (Phi) is 3.10. The number of fused-ring (bicyclic) bond motifs is 1. The summed E-state index contributed by atoms with van der Waals surface area (Å²) in [6, 6.07) is 5.01. The number of phenols is 1. The van der Waals surface area contributed by atoms with Crippen molar-refractivity contribution in [1.82, 2.24) is 9.97 Å². The topological polar surface area (TPSA) is 72.3 Å². The first-order valence-electron chi connectivity index (χ1n) is 6.45. The summed E-state index contributed by atoms with van der Waals surface area (Å²) in [7, 11) is 1.50. The standard InChI is InChI=1S/C15H14N2O3/c1-20-14-6-5-9(7-13(14)19)15-16-8-10-11(17-15)3-2-4-12(10)18/h5-8,19H,2-4H2,1H3. The average Bonchev–Trinajstić information content (AvgIpc) is 2.47. The number of carbonyl (C=O) groups excluding carboxylic acids is 1. The van der Waals surface area contributed by atoms with Crippen LogP contribution in [0.1, 0.15) is 28.9 Å². The van der Waals surface area contributed by atoms with Crippen LogP contribution in [-0.4, -0.2) is 28.0 Å². The monoisotopic (exact) mass is 270 g/mol. The van der Waals surface area contributed by atoms with E-state index in [4.69, 9.17) is 4.74 Å². The molecule has 0 radical (unpaired) electrons. The van der Waals surface area contributed by atoms with Crippen LogP contribution in [0.3, 0.4) is 0 Å². The molecule has 0 unspecified atom stereocenters. The summed E-state index contributed by atoms with van der Waals surface area (Å²) in [4.78, 5) is 20.4. The summed E-state index contributed by atoms with van der Waals surface area (Å²) >= 11 is 0. The van der Waals surface area contributed by atoms with Crippen molar-refractivity contribution in [2.45, 2.75) is 19.3 Å². The summed E-state index contributed by atoms with van der Waals surface area (Å²) in [5.41, 5.74) is 2.11. The van der Waals surface area contributed by atoms with Crippen molar-refractivity contribution in [3.05, 3.63) is 35.7 Å². The average molecular weight is 270 g/mol. The Hall–Kier alpha value is -2.43. The van der Waals surface area contributed by atoms with Crippen LogP contribution in [-0.2, 0) is 6.42 Å². The fourth-order valence-corrected chi connectivity index (χ4v) is 2.36. The number of aromatic hydroxyl groups is 1. The molecule has 1 N–H and O–H groups in total. The van der Waals surface area contributed by atoms with Gasteiger partial charge < -0.3 is 9.84 Å². The molecule has 102 valence electrons. The zero-order valence-electron chi connectivity index (χ0n) is 11.1. The Balaban J connectivity index is 2.03. The molecule has 0 fully saturated rings. The molecule has 20 heavy (non-hydrogen) atoms. The number of rotatable bonds is 2. The maximum absolute atomic E-state index is 11.7. The van der Waals surface area contributed by atoms with E-state index in [1.54, 1.807) is 24.4 Å². The molecular formula is C15H14N2O3. The van der Waals surface area contributed by atoms with Crippen molar-refractivity contribution in [2.24, 2.45) is 0 Å². The summed E-state index contributed by atoms with van der Waals surface area (Å²) < 4.78 is 5.00. The molecule has 0 aliphatic heterocycles. The first-order valence-corrected chi connectivity index (χ1v) is 6.45. The number of methoxy groups -OCH3 is 1. The molecule has 1 aliphatic rings. The van der Waals surface area contributed by atoms with E-state index < -0.39 is 0 Å². The molecule has 0 bridgehead atoms. The molecule has 3 rings (SSSR count). The molecule has 5 heteroatoms. The van der Waals surface area contributed by atoms with Crippen LogP contribution in [0.4, 0.5) is 0 Å². The van der Waals surface area contributed by atoms with Crippen molar-refractivity contribution in [2.75, 3.05) is 7.11 Å². The molecule has 0 atom stereocenters. The number of aromatic nitrogens is 2. The number of hydrogen-bond donors (Lipinski definition) is 1. The lowest BCUT2D eigenvalue weighted by Gasteiger charge is -2.14. The van der Waals surface area contributed by atoms with E-state index in [1.165, 1.54) is 7.11 Å². The van der Waals surface area contributed by atoms with Crippen molar-refractivity contribution in [3.63, 3.8) is 0 Å². The van der Waals surface area contributed by atoms with Crippen molar-refractivity contribution in [3.8, 4) is 22.9 Å². The first-order chi connectivity index (χ1) is 9.69. The number of hydrogen-bond acceptors (Lipinski definition) is 5. The molecule has 1 aromatic carbocycles. The highest BCUT2D eigenvalue weighted by atomic mass is 16.5. The highest BCUT2D eigenvalue weighted by molar-refractivity contribution is 5.97. The van der Waals surface area contributed by atoms with E-state index in [2.05, 4.69) is 9.97 Å². The third-order valence-electron chi connectivity index (χ3n) is 3.42. The van der Waals surface area contributed by atoms with Crippen LogP contribution in [0.2, 0.25) is 0 Å². The van der Waals surface area contributed by atoms with Gasteiger partial charge in [0, 0.05) is 18.2 Å². The third-order valence-corrected chi connectivity index (χ3v) is 3.42. The summed E-state index contributed by atoms with van der Waals surface area (Å²) in [5, 5.41) is 9.80. The predicted molar refractivity (Wildman–Crippen MR) is 73.0 cm³/mol. The zero-order valence-corrected chi connectivity index (χ0v) is 11.1. The Morgan fingerprint density at radius 2 is 2.15 bits per heavy atom. The second-order valence-corrected chi connectivity index (χ2v) is 4.72. The predicted octanol–water partition coefficient (Wildman–Crippen LogP) is 2.38. The molecule has 1 heterocycles. The number of nitrogens with zero attached hydrogens (tertiary/aromatic N) is 2. The normalized spacial score (nSPS) is 13.9. The smallest absolute Gasteiger partial charge is 0.166 e. The van der Waals surface area contributed by atoms with Gasteiger partial charge in [-0.15, -0.1) is 0 Å². The Morgan fingerprint density at radius 3 is 2.90 bits per heavy atom. The first kappa shape index (κ1) is 12.6. The van der Waals surface area contributed by atoms with Crippen LogP contribution >= 0.6 is 0 Å². The number of phenolic OH excluding ortho intramolecular Hbond substituents is 1. The van der Waals surface area contributed by atoms with Crippen LogP contribution < -0.4 is 4.74 Å². The van der Waals surface area contributed by atoms with Crippen molar-refractivity contribution >= 4 is 5.78 Å². The number of benzene rings is 1. The van der Waals surface area contributed by atoms with E-state index in [9.17, 15) is 9.90 Å². The zero-order chi connectivity index (χ0) is 14.1. The van der Waals surface area contributed by atoms with Gasteiger partial charge in [0.15, 0.2) is 23.1 Å². The lowest BCUT2D eigenvalue weighted by Crippen LogP contribution is -2.13. The molecule has 0 saturated heterocycles. The lowest BCUT2D eigenvalue weighted by atomic mass is 9.96. The molecule has 1 aliphatic carbocycles. The van der Waals surface area contributed by atoms with Gasteiger partial charge >= 0.3 is 0 Å². The Bertz CT molecular complexity index is 683. The molecular weight excluding hydrogens is 256 g/mol. The number of ketones is 1.